The topological polar surface area (TPSA) is 59.8 Å². The average molecular weight is 509 g/mol. The molecular formula is C23H14Cl2F4N4O. The van der Waals surface area contributed by atoms with E-state index in [1.54, 1.807) is 31.3 Å². The summed E-state index contributed by atoms with van der Waals surface area (Å²) in [4.78, 5) is 16.9. The fourth-order valence-electron chi connectivity index (χ4n) is 3.23. The SMILES string of the molecule is Cn1nc(-c2c(F)cccc2Cl)nc1-c1ccc(NC(=O)c2ccc(C(F)(F)F)cc2Cl)cc1. The molecule has 0 unspecified atom stereocenters. The van der Waals surface area contributed by atoms with Crippen LogP contribution in [0, 0.1) is 5.82 Å². The van der Waals surface area contributed by atoms with Crippen molar-refractivity contribution in [2.24, 2.45) is 7.05 Å². The molecule has 0 bridgehead atoms. The van der Waals surface area contributed by atoms with Crippen LogP contribution in [0.5, 0.6) is 0 Å². The number of nitrogens with one attached hydrogen (secondary N) is 1. The van der Waals surface area contributed by atoms with Gasteiger partial charge in [0.2, 0.25) is 0 Å². The third-order valence-corrected chi connectivity index (χ3v) is 5.52. The predicted molar refractivity (Wildman–Crippen MR) is 121 cm³/mol. The molecule has 174 valence electrons. The highest BCUT2D eigenvalue weighted by molar-refractivity contribution is 6.34. The summed E-state index contributed by atoms with van der Waals surface area (Å²) < 4.78 is 54.1. The second-order valence-corrected chi connectivity index (χ2v) is 8.02. The van der Waals surface area contributed by atoms with E-state index in [2.05, 4.69) is 15.4 Å². The number of amides is 1. The van der Waals surface area contributed by atoms with Crippen molar-refractivity contribution < 1.29 is 22.4 Å². The van der Waals surface area contributed by atoms with E-state index in [4.69, 9.17) is 23.2 Å². The summed E-state index contributed by atoms with van der Waals surface area (Å²) in [7, 11) is 1.64. The van der Waals surface area contributed by atoms with Gasteiger partial charge in [0.05, 0.1) is 26.7 Å². The van der Waals surface area contributed by atoms with Gasteiger partial charge in [-0.25, -0.2) is 14.1 Å². The fraction of sp³-hybridized carbons (Fsp3) is 0.0870. The lowest BCUT2D eigenvalue weighted by Gasteiger charge is -2.11. The number of aromatic nitrogens is 3. The molecule has 0 saturated heterocycles. The summed E-state index contributed by atoms with van der Waals surface area (Å²) in [5, 5.41) is 6.68. The van der Waals surface area contributed by atoms with Gasteiger partial charge in [-0.15, -0.1) is 0 Å². The van der Waals surface area contributed by atoms with E-state index >= 15 is 0 Å². The van der Waals surface area contributed by atoms with Gasteiger partial charge in [0.1, 0.15) is 5.82 Å². The molecule has 0 saturated carbocycles. The number of carbonyl (C=O) groups excluding carboxylic acids is 1. The van der Waals surface area contributed by atoms with Gasteiger partial charge in [-0.1, -0.05) is 29.3 Å². The first-order valence-electron chi connectivity index (χ1n) is 9.68. The Balaban J connectivity index is 1.54. The molecule has 0 aliphatic heterocycles. The van der Waals surface area contributed by atoms with Gasteiger partial charge in [0.15, 0.2) is 11.6 Å². The molecule has 11 heteroatoms. The Morgan fingerprint density at radius 3 is 2.32 bits per heavy atom. The second kappa shape index (κ2) is 9.08. The number of nitrogens with zero attached hydrogens (tertiary/aromatic N) is 3. The van der Waals surface area contributed by atoms with Crippen LogP contribution in [-0.2, 0) is 13.2 Å². The van der Waals surface area contributed by atoms with Crippen LogP contribution in [0.1, 0.15) is 15.9 Å². The smallest absolute Gasteiger partial charge is 0.322 e. The minimum atomic E-state index is -4.56. The van der Waals surface area contributed by atoms with Crippen LogP contribution in [0.2, 0.25) is 10.0 Å². The van der Waals surface area contributed by atoms with Crippen LogP contribution in [0.3, 0.4) is 0 Å². The van der Waals surface area contributed by atoms with Crippen molar-refractivity contribution in [2.45, 2.75) is 6.18 Å². The molecule has 1 N–H and O–H groups in total. The Morgan fingerprint density at radius 1 is 1.00 bits per heavy atom. The van der Waals surface area contributed by atoms with Crippen LogP contribution in [0.25, 0.3) is 22.8 Å². The molecule has 0 fully saturated rings. The van der Waals surface area contributed by atoms with Crippen molar-refractivity contribution in [3.63, 3.8) is 0 Å². The maximum atomic E-state index is 14.2. The Kier molecular flexibility index (Phi) is 6.33. The molecule has 0 spiro atoms. The summed E-state index contributed by atoms with van der Waals surface area (Å²) in [6.07, 6.45) is -4.56. The Morgan fingerprint density at radius 2 is 1.71 bits per heavy atom. The van der Waals surface area contributed by atoms with Crippen molar-refractivity contribution in [1.29, 1.82) is 0 Å². The Bertz CT molecular complexity index is 1360. The molecule has 34 heavy (non-hydrogen) atoms. The summed E-state index contributed by atoms with van der Waals surface area (Å²) in [6.45, 7) is 0. The summed E-state index contributed by atoms with van der Waals surface area (Å²) in [6, 6.07) is 13.3. The first-order valence-corrected chi connectivity index (χ1v) is 10.4. The van der Waals surface area contributed by atoms with Crippen molar-refractivity contribution in [3.05, 3.63) is 87.7 Å². The molecular weight excluding hydrogens is 495 g/mol. The fourth-order valence-corrected chi connectivity index (χ4v) is 3.74. The quantitative estimate of drug-likeness (QED) is 0.306. The van der Waals surface area contributed by atoms with Crippen molar-refractivity contribution >= 4 is 34.8 Å². The standard InChI is InChI=1S/C23H14Cl2F4N4O/c1-33-21(31-20(32-33)19-16(24)3-2-4-18(19)26)12-5-8-14(9-6-12)30-22(34)15-10-7-13(11-17(15)25)23(27,28)29/h2-11H,1H3,(H,30,34). The van der Waals surface area contributed by atoms with Gasteiger partial charge in [0, 0.05) is 18.3 Å². The van der Waals surface area contributed by atoms with Crippen molar-refractivity contribution in [2.75, 3.05) is 5.32 Å². The van der Waals surface area contributed by atoms with E-state index in [0.717, 1.165) is 12.1 Å². The molecule has 0 radical (unpaired) electrons. The van der Waals surface area contributed by atoms with E-state index < -0.39 is 23.5 Å². The zero-order valence-electron chi connectivity index (χ0n) is 17.3. The van der Waals surface area contributed by atoms with Crippen molar-refractivity contribution in [1.82, 2.24) is 14.8 Å². The van der Waals surface area contributed by atoms with Gasteiger partial charge >= 0.3 is 6.18 Å². The van der Waals surface area contributed by atoms with Crippen LogP contribution >= 0.6 is 23.2 Å². The minimum Gasteiger partial charge on any atom is -0.322 e. The molecule has 0 atom stereocenters. The van der Waals surface area contributed by atoms with Crippen LogP contribution in [-0.4, -0.2) is 20.7 Å². The van der Waals surface area contributed by atoms with Crippen LogP contribution in [0.15, 0.2) is 60.7 Å². The number of benzene rings is 3. The number of hydrogen-bond acceptors (Lipinski definition) is 3. The molecule has 0 aliphatic carbocycles. The van der Waals surface area contributed by atoms with E-state index in [1.165, 1.54) is 22.9 Å². The summed E-state index contributed by atoms with van der Waals surface area (Å²) in [5.41, 5.74) is 0.0448. The average Bonchev–Trinajstić information content (AvgIpc) is 3.14. The Labute approximate surface area is 201 Å². The third-order valence-electron chi connectivity index (χ3n) is 4.89. The highest BCUT2D eigenvalue weighted by Gasteiger charge is 2.31. The molecule has 4 aromatic rings. The first-order chi connectivity index (χ1) is 16.0. The highest BCUT2D eigenvalue weighted by Crippen LogP contribution is 2.33. The molecule has 4 rings (SSSR count). The minimum absolute atomic E-state index is 0.0864. The van der Waals surface area contributed by atoms with E-state index in [9.17, 15) is 22.4 Å². The zero-order chi connectivity index (χ0) is 24.6. The predicted octanol–water partition coefficient (Wildman–Crippen LogP) is 6.87. The van der Waals surface area contributed by atoms with Crippen LogP contribution in [0.4, 0.5) is 23.2 Å². The highest BCUT2D eigenvalue weighted by atomic mass is 35.5. The molecule has 1 amide bonds. The zero-order valence-corrected chi connectivity index (χ0v) is 18.8. The van der Waals surface area contributed by atoms with E-state index in [-0.39, 0.29) is 27.0 Å². The van der Waals surface area contributed by atoms with E-state index in [0.29, 0.717) is 23.1 Å². The van der Waals surface area contributed by atoms with E-state index in [1.807, 2.05) is 0 Å². The largest absolute Gasteiger partial charge is 0.416 e. The normalized spacial score (nSPS) is 11.5. The van der Waals surface area contributed by atoms with Gasteiger partial charge in [-0.2, -0.15) is 18.3 Å². The number of anilines is 1. The van der Waals surface area contributed by atoms with Gasteiger partial charge < -0.3 is 5.32 Å². The molecule has 1 heterocycles. The van der Waals surface area contributed by atoms with Gasteiger partial charge in [0.25, 0.3) is 5.91 Å². The number of rotatable bonds is 4. The van der Waals surface area contributed by atoms with Crippen molar-refractivity contribution in [3.8, 4) is 22.8 Å². The lowest BCUT2D eigenvalue weighted by atomic mass is 10.1. The summed E-state index contributed by atoms with van der Waals surface area (Å²) in [5.74, 6) is -0.667. The molecule has 3 aromatic carbocycles. The first kappa shape index (κ1) is 23.7. The number of halogens is 6. The molecule has 0 aliphatic rings. The number of alkyl halides is 3. The lowest BCUT2D eigenvalue weighted by Crippen LogP contribution is -2.13. The van der Waals surface area contributed by atoms with Crippen LogP contribution < -0.4 is 5.32 Å². The number of carbonyl (C=O) groups is 1. The number of hydrogen-bond donors (Lipinski definition) is 1. The maximum absolute atomic E-state index is 14.2. The maximum Gasteiger partial charge on any atom is 0.416 e. The second-order valence-electron chi connectivity index (χ2n) is 7.20. The monoisotopic (exact) mass is 508 g/mol. The van der Waals surface area contributed by atoms with Gasteiger partial charge in [-0.3, -0.25) is 4.79 Å². The van der Waals surface area contributed by atoms with Gasteiger partial charge in [-0.05, 0) is 54.6 Å². The third kappa shape index (κ3) is 4.76. The summed E-state index contributed by atoms with van der Waals surface area (Å²) >= 11 is 12.0. The number of aryl methyl sites for hydroxylation is 1. The molecule has 1 aromatic heterocycles. The lowest BCUT2D eigenvalue weighted by molar-refractivity contribution is -0.137. The molecule has 5 nitrogen and oxygen atoms in total. The Hall–Kier alpha value is -3.43.